The predicted molar refractivity (Wildman–Crippen MR) is 127 cm³/mol. The summed E-state index contributed by atoms with van der Waals surface area (Å²) < 4.78 is 22.0. The van der Waals surface area contributed by atoms with Gasteiger partial charge in [0.25, 0.3) is 11.7 Å². The number of rotatable bonds is 6. The summed E-state index contributed by atoms with van der Waals surface area (Å²) in [6, 6.07) is 11.5. The molecule has 0 radical (unpaired) electrons. The number of methoxy groups -OCH3 is 1. The zero-order valence-corrected chi connectivity index (χ0v) is 19.6. The molecular formula is C26H28N2O7. The van der Waals surface area contributed by atoms with Crippen molar-refractivity contribution in [2.75, 3.05) is 59.7 Å². The van der Waals surface area contributed by atoms with E-state index in [1.165, 1.54) is 4.90 Å². The molecule has 2 saturated heterocycles. The summed E-state index contributed by atoms with van der Waals surface area (Å²) in [4.78, 5) is 30.2. The third-order valence-electron chi connectivity index (χ3n) is 6.53. The summed E-state index contributed by atoms with van der Waals surface area (Å²) in [5.74, 6) is 0.0582. The van der Waals surface area contributed by atoms with Crippen molar-refractivity contribution in [1.82, 2.24) is 9.80 Å². The highest BCUT2D eigenvalue weighted by Crippen LogP contribution is 2.41. The third-order valence-corrected chi connectivity index (χ3v) is 6.53. The first-order valence-electron chi connectivity index (χ1n) is 11.7. The summed E-state index contributed by atoms with van der Waals surface area (Å²) in [7, 11) is 1.56. The van der Waals surface area contributed by atoms with E-state index in [1.54, 1.807) is 43.5 Å². The van der Waals surface area contributed by atoms with Gasteiger partial charge in [-0.15, -0.1) is 0 Å². The first kappa shape index (κ1) is 23.2. The van der Waals surface area contributed by atoms with Crippen LogP contribution in [0.2, 0.25) is 0 Å². The van der Waals surface area contributed by atoms with Crippen LogP contribution < -0.4 is 14.2 Å². The molecule has 1 unspecified atom stereocenters. The minimum atomic E-state index is -0.751. The van der Waals surface area contributed by atoms with Gasteiger partial charge < -0.3 is 29.0 Å². The number of Topliss-reactive ketones (excluding diaryl/α,β-unsaturated/α-hetero) is 1. The third kappa shape index (κ3) is 4.56. The van der Waals surface area contributed by atoms with Gasteiger partial charge in [-0.3, -0.25) is 14.5 Å². The number of amides is 1. The van der Waals surface area contributed by atoms with Gasteiger partial charge in [0, 0.05) is 31.7 Å². The molecule has 3 heterocycles. The summed E-state index contributed by atoms with van der Waals surface area (Å²) in [6.07, 6.45) is 0. The highest BCUT2D eigenvalue weighted by molar-refractivity contribution is 6.46. The Morgan fingerprint density at radius 3 is 2.54 bits per heavy atom. The van der Waals surface area contributed by atoms with Gasteiger partial charge in [-0.05, 0) is 35.9 Å². The number of ether oxygens (including phenoxy) is 4. The number of aliphatic hydroxyl groups excluding tert-OH is 1. The van der Waals surface area contributed by atoms with Gasteiger partial charge >= 0.3 is 0 Å². The number of ketones is 1. The highest BCUT2D eigenvalue weighted by Gasteiger charge is 2.46. The Morgan fingerprint density at radius 1 is 1.00 bits per heavy atom. The predicted octanol–water partition coefficient (Wildman–Crippen LogP) is 2.22. The van der Waals surface area contributed by atoms with Gasteiger partial charge in [0.15, 0.2) is 11.5 Å². The standard InChI is InChI=1S/C26H28N2O7/c1-32-19-4-2-3-17(15-19)23-22(24(29)18-5-6-20-21(16-18)35-14-13-34-20)25(30)26(31)28(23)8-7-27-9-11-33-12-10-27/h2-6,15-16,23,29H,7-14H2,1H3. The summed E-state index contributed by atoms with van der Waals surface area (Å²) in [6.45, 7) is 4.60. The maximum absolute atomic E-state index is 13.3. The molecular weight excluding hydrogens is 452 g/mol. The Hall–Kier alpha value is -3.56. The number of carbonyl (C=O) groups excluding carboxylic acids is 2. The van der Waals surface area contributed by atoms with Gasteiger partial charge in [0.2, 0.25) is 0 Å². The first-order chi connectivity index (χ1) is 17.1. The molecule has 1 amide bonds. The largest absolute Gasteiger partial charge is 0.507 e. The van der Waals surface area contributed by atoms with E-state index in [1.807, 2.05) is 6.07 Å². The molecule has 184 valence electrons. The van der Waals surface area contributed by atoms with Crippen molar-refractivity contribution in [1.29, 1.82) is 0 Å². The molecule has 0 spiro atoms. The van der Waals surface area contributed by atoms with Crippen LogP contribution in [0.3, 0.4) is 0 Å². The molecule has 2 aromatic carbocycles. The van der Waals surface area contributed by atoms with Crippen LogP contribution in [0, 0.1) is 0 Å². The molecule has 2 fully saturated rings. The van der Waals surface area contributed by atoms with E-state index >= 15 is 0 Å². The van der Waals surface area contributed by atoms with Gasteiger partial charge in [-0.1, -0.05) is 12.1 Å². The van der Waals surface area contributed by atoms with Crippen molar-refractivity contribution in [2.24, 2.45) is 0 Å². The first-order valence-corrected chi connectivity index (χ1v) is 11.7. The topological polar surface area (TPSA) is 97.8 Å². The zero-order valence-electron chi connectivity index (χ0n) is 19.6. The molecule has 2 aromatic rings. The minimum absolute atomic E-state index is 0.0434. The van der Waals surface area contributed by atoms with E-state index in [2.05, 4.69) is 4.90 Å². The highest BCUT2D eigenvalue weighted by atomic mass is 16.6. The van der Waals surface area contributed by atoms with E-state index in [0.717, 1.165) is 13.1 Å². The number of morpholine rings is 1. The smallest absolute Gasteiger partial charge is 0.295 e. The molecule has 9 nitrogen and oxygen atoms in total. The average Bonchev–Trinajstić information content (AvgIpc) is 3.16. The van der Waals surface area contributed by atoms with E-state index < -0.39 is 17.7 Å². The molecule has 9 heteroatoms. The number of carbonyl (C=O) groups is 2. The lowest BCUT2D eigenvalue weighted by Gasteiger charge is -2.31. The van der Waals surface area contributed by atoms with Gasteiger partial charge in [0.05, 0.1) is 31.9 Å². The van der Waals surface area contributed by atoms with Crippen LogP contribution in [0.1, 0.15) is 17.2 Å². The van der Waals surface area contributed by atoms with Crippen LogP contribution in [0.4, 0.5) is 0 Å². The number of benzene rings is 2. The second kappa shape index (κ2) is 9.97. The molecule has 35 heavy (non-hydrogen) atoms. The van der Waals surface area contributed by atoms with Gasteiger partial charge in [-0.25, -0.2) is 0 Å². The average molecular weight is 481 g/mol. The Morgan fingerprint density at radius 2 is 1.77 bits per heavy atom. The Bertz CT molecular complexity index is 1160. The monoisotopic (exact) mass is 480 g/mol. The van der Waals surface area contributed by atoms with Gasteiger partial charge in [-0.2, -0.15) is 0 Å². The van der Waals surface area contributed by atoms with Crippen molar-refractivity contribution < 1.29 is 33.6 Å². The maximum atomic E-state index is 13.3. The normalized spacial score (nSPS) is 21.9. The maximum Gasteiger partial charge on any atom is 0.295 e. The van der Waals surface area contributed by atoms with Crippen molar-refractivity contribution in [3.8, 4) is 17.2 Å². The number of hydrogen-bond acceptors (Lipinski definition) is 8. The number of hydrogen-bond donors (Lipinski definition) is 1. The number of fused-ring (bicyclic) bond motifs is 1. The van der Waals surface area contributed by atoms with Crippen LogP contribution in [-0.4, -0.2) is 86.3 Å². The molecule has 3 aliphatic rings. The molecule has 1 atom stereocenters. The summed E-state index contributed by atoms with van der Waals surface area (Å²) in [5, 5.41) is 11.3. The lowest BCUT2D eigenvalue weighted by atomic mass is 9.95. The van der Waals surface area contributed by atoms with Crippen molar-refractivity contribution in [3.63, 3.8) is 0 Å². The fourth-order valence-electron chi connectivity index (χ4n) is 4.69. The van der Waals surface area contributed by atoms with Crippen LogP contribution in [0.15, 0.2) is 48.0 Å². The molecule has 0 aliphatic carbocycles. The Kier molecular flexibility index (Phi) is 6.61. The lowest BCUT2D eigenvalue weighted by Crippen LogP contribution is -2.42. The van der Waals surface area contributed by atoms with Crippen LogP contribution in [0.25, 0.3) is 5.76 Å². The van der Waals surface area contributed by atoms with Crippen LogP contribution in [0.5, 0.6) is 17.2 Å². The van der Waals surface area contributed by atoms with Crippen molar-refractivity contribution >= 4 is 17.4 Å². The number of nitrogens with zero attached hydrogens (tertiary/aromatic N) is 2. The Labute approximate surface area is 203 Å². The molecule has 5 rings (SSSR count). The van der Waals surface area contributed by atoms with E-state index in [0.29, 0.717) is 67.9 Å². The number of aliphatic hydroxyl groups is 1. The zero-order chi connectivity index (χ0) is 24.4. The van der Waals surface area contributed by atoms with E-state index in [9.17, 15) is 14.7 Å². The molecule has 1 N–H and O–H groups in total. The van der Waals surface area contributed by atoms with Crippen molar-refractivity contribution in [3.05, 3.63) is 59.2 Å². The molecule has 3 aliphatic heterocycles. The minimum Gasteiger partial charge on any atom is -0.507 e. The summed E-state index contributed by atoms with van der Waals surface area (Å²) >= 11 is 0. The van der Waals surface area contributed by atoms with E-state index in [-0.39, 0.29) is 11.3 Å². The van der Waals surface area contributed by atoms with Crippen molar-refractivity contribution in [2.45, 2.75) is 6.04 Å². The SMILES string of the molecule is COc1cccc(C2C(=C(O)c3ccc4c(c3)OCCO4)C(=O)C(=O)N2CCN2CCOCC2)c1. The molecule has 0 bridgehead atoms. The summed E-state index contributed by atoms with van der Waals surface area (Å²) in [5.41, 5.74) is 1.11. The second-order valence-electron chi connectivity index (χ2n) is 8.58. The second-order valence-corrected chi connectivity index (χ2v) is 8.58. The molecule has 0 aromatic heterocycles. The van der Waals surface area contributed by atoms with Gasteiger partial charge in [0.1, 0.15) is 24.7 Å². The number of likely N-dealkylation sites (tertiary alicyclic amines) is 1. The fourth-order valence-corrected chi connectivity index (χ4v) is 4.69. The lowest BCUT2D eigenvalue weighted by molar-refractivity contribution is -0.140. The molecule has 0 saturated carbocycles. The fraction of sp³-hybridized carbons (Fsp3) is 0.385. The Balaban J connectivity index is 1.54. The van der Waals surface area contributed by atoms with Crippen LogP contribution in [-0.2, 0) is 14.3 Å². The quantitative estimate of drug-likeness (QED) is 0.382. The van der Waals surface area contributed by atoms with E-state index in [4.69, 9.17) is 18.9 Å². The van der Waals surface area contributed by atoms with Crippen LogP contribution >= 0.6 is 0 Å².